The van der Waals surface area contributed by atoms with E-state index in [4.69, 9.17) is 27.9 Å². The van der Waals surface area contributed by atoms with Gasteiger partial charge in [-0.2, -0.15) is 0 Å². The van der Waals surface area contributed by atoms with Crippen molar-refractivity contribution in [3.05, 3.63) is 29.8 Å². The summed E-state index contributed by atoms with van der Waals surface area (Å²) in [7, 11) is 0. The van der Waals surface area contributed by atoms with Crippen molar-refractivity contribution in [2.45, 2.75) is 28.5 Å². The first-order valence-corrected chi connectivity index (χ1v) is 8.59. The lowest BCUT2D eigenvalue weighted by atomic mass is 9.91. The lowest BCUT2D eigenvalue weighted by Crippen LogP contribution is -2.54. The molecule has 0 aromatic heterocycles. The number of ketones is 1. The van der Waals surface area contributed by atoms with Gasteiger partial charge >= 0.3 is 0 Å². The highest BCUT2D eigenvalue weighted by Gasteiger charge is 2.35. The van der Waals surface area contributed by atoms with Crippen LogP contribution in [-0.4, -0.2) is 46.7 Å². The maximum Gasteiger partial charge on any atom is 0.182 e. The summed E-state index contributed by atoms with van der Waals surface area (Å²) < 4.78 is 4.85. The fraction of sp³-hybridized carbons (Fsp3) is 0.533. The number of Topliss-reactive ketones (excluding diaryl/α,β-unsaturated/α-hetero) is 1. The first-order chi connectivity index (χ1) is 9.91. The fourth-order valence-corrected chi connectivity index (χ4v) is 3.52. The average molecular weight is 348 g/mol. The van der Waals surface area contributed by atoms with Crippen molar-refractivity contribution in [3.8, 4) is 0 Å². The summed E-state index contributed by atoms with van der Waals surface area (Å²) in [5.74, 6) is 0.120. The second kappa shape index (κ2) is 7.34. The number of hydrogen-bond donors (Lipinski definition) is 0. The molecule has 1 fully saturated rings. The highest BCUT2D eigenvalue weighted by Crippen LogP contribution is 2.29. The lowest BCUT2D eigenvalue weighted by molar-refractivity contribution is -0.00430. The molecule has 1 aliphatic heterocycles. The minimum atomic E-state index is -0.528. The molecule has 0 unspecified atom stereocenters. The van der Waals surface area contributed by atoms with E-state index in [1.165, 1.54) is 11.8 Å². The molecule has 3 nitrogen and oxygen atoms in total. The maximum absolute atomic E-state index is 12.8. The Kier molecular flexibility index (Phi) is 5.97. The molecular weight excluding hydrogens is 329 g/mol. The van der Waals surface area contributed by atoms with Gasteiger partial charge in [-0.25, -0.2) is 0 Å². The minimum absolute atomic E-state index is 0.120. The normalized spacial score (nSPS) is 17.2. The first kappa shape index (κ1) is 17.1. The number of thioether (sulfide) groups is 1. The number of morpholine rings is 1. The molecule has 0 bridgehead atoms. The summed E-state index contributed by atoms with van der Waals surface area (Å²) in [6.45, 7) is 6.87. The molecule has 1 aromatic carbocycles. The predicted molar refractivity (Wildman–Crippen MR) is 88.6 cm³/mol. The maximum atomic E-state index is 12.8. The van der Waals surface area contributed by atoms with Crippen molar-refractivity contribution in [3.63, 3.8) is 0 Å². The fourth-order valence-electron chi connectivity index (χ4n) is 2.41. The molecule has 1 heterocycles. The van der Waals surface area contributed by atoms with Gasteiger partial charge < -0.3 is 4.74 Å². The molecule has 0 aliphatic carbocycles. The van der Waals surface area contributed by atoms with Gasteiger partial charge in [0, 0.05) is 23.5 Å². The number of benzene rings is 1. The van der Waals surface area contributed by atoms with E-state index >= 15 is 0 Å². The number of halogens is 2. The predicted octanol–water partition coefficient (Wildman–Crippen LogP) is 3.83. The molecule has 0 radical (unpaired) electrons. The number of nitrogens with zero attached hydrogens (tertiary/aromatic N) is 1. The molecule has 0 N–H and O–H groups in total. The lowest BCUT2D eigenvalue weighted by Gasteiger charge is -2.39. The van der Waals surface area contributed by atoms with E-state index in [9.17, 15) is 4.79 Å². The van der Waals surface area contributed by atoms with Crippen molar-refractivity contribution in [2.24, 2.45) is 0 Å². The summed E-state index contributed by atoms with van der Waals surface area (Å²) in [4.78, 5) is 15.9. The molecule has 0 atom stereocenters. The molecule has 0 spiro atoms. The number of carbonyl (C=O) groups is 1. The van der Waals surface area contributed by atoms with E-state index in [1.54, 1.807) is 0 Å². The van der Waals surface area contributed by atoms with Crippen LogP contribution in [-0.2, 0) is 4.74 Å². The Morgan fingerprint density at radius 3 is 2.33 bits per heavy atom. The molecule has 21 heavy (non-hydrogen) atoms. The molecule has 1 aromatic rings. The standard InChI is InChI=1S/C15H19Cl2NO2S/c1-15(2,18-7-9-20-10-8-18)13(19)11-3-5-12(6-4-11)21-14(16)17/h3-6,14H,7-10H2,1-2H3. The van der Waals surface area contributed by atoms with Crippen molar-refractivity contribution < 1.29 is 9.53 Å². The largest absolute Gasteiger partial charge is 0.379 e. The summed E-state index contributed by atoms with van der Waals surface area (Å²) in [6.07, 6.45) is 0. The van der Waals surface area contributed by atoms with E-state index in [0.717, 1.165) is 18.0 Å². The monoisotopic (exact) mass is 347 g/mol. The zero-order valence-electron chi connectivity index (χ0n) is 12.1. The van der Waals surface area contributed by atoms with Gasteiger partial charge in [0.05, 0.1) is 18.8 Å². The van der Waals surface area contributed by atoms with E-state index in [1.807, 2.05) is 38.1 Å². The zero-order valence-corrected chi connectivity index (χ0v) is 14.5. The Balaban J connectivity index is 2.10. The third-order valence-corrected chi connectivity index (χ3v) is 4.96. The van der Waals surface area contributed by atoms with Crippen LogP contribution in [0.25, 0.3) is 0 Å². The Bertz CT molecular complexity index is 485. The van der Waals surface area contributed by atoms with Crippen LogP contribution in [0, 0.1) is 0 Å². The number of ether oxygens (including phenoxy) is 1. The smallest absolute Gasteiger partial charge is 0.182 e. The van der Waals surface area contributed by atoms with Gasteiger partial charge in [-0.05, 0) is 26.0 Å². The van der Waals surface area contributed by atoms with Crippen LogP contribution in [0.2, 0.25) is 0 Å². The van der Waals surface area contributed by atoms with Crippen LogP contribution in [0.1, 0.15) is 24.2 Å². The second-order valence-corrected chi connectivity index (χ2v) is 8.18. The number of hydrogen-bond acceptors (Lipinski definition) is 4. The quantitative estimate of drug-likeness (QED) is 0.459. The third-order valence-electron chi connectivity index (χ3n) is 3.70. The van der Waals surface area contributed by atoms with Gasteiger partial charge in [-0.3, -0.25) is 9.69 Å². The van der Waals surface area contributed by atoms with Crippen molar-refractivity contribution in [2.75, 3.05) is 26.3 Å². The molecule has 6 heteroatoms. The average Bonchev–Trinajstić information content (AvgIpc) is 2.47. The summed E-state index contributed by atoms with van der Waals surface area (Å²) in [5, 5.41) is 0. The summed E-state index contributed by atoms with van der Waals surface area (Å²) >= 11 is 12.8. The van der Waals surface area contributed by atoms with Crippen LogP contribution in [0.15, 0.2) is 29.2 Å². The van der Waals surface area contributed by atoms with Crippen LogP contribution in [0.3, 0.4) is 0 Å². The third kappa shape index (κ3) is 4.36. The van der Waals surface area contributed by atoms with E-state index in [2.05, 4.69) is 4.90 Å². The zero-order chi connectivity index (χ0) is 15.5. The Hall–Kier alpha value is -0.260. The molecule has 2 rings (SSSR count). The van der Waals surface area contributed by atoms with Crippen molar-refractivity contribution in [1.82, 2.24) is 4.90 Å². The Morgan fingerprint density at radius 2 is 1.81 bits per heavy atom. The van der Waals surface area contributed by atoms with Crippen LogP contribution in [0.5, 0.6) is 0 Å². The minimum Gasteiger partial charge on any atom is -0.379 e. The van der Waals surface area contributed by atoms with Gasteiger partial charge in [0.1, 0.15) is 0 Å². The number of rotatable bonds is 5. The van der Waals surface area contributed by atoms with Gasteiger partial charge in [0.25, 0.3) is 0 Å². The molecule has 0 saturated carbocycles. The Morgan fingerprint density at radius 1 is 1.24 bits per heavy atom. The summed E-state index contributed by atoms with van der Waals surface area (Å²) in [5.41, 5.74) is 0.177. The van der Waals surface area contributed by atoms with E-state index < -0.39 is 9.71 Å². The topological polar surface area (TPSA) is 29.5 Å². The van der Waals surface area contributed by atoms with Gasteiger partial charge in [-0.1, -0.05) is 47.1 Å². The van der Waals surface area contributed by atoms with Gasteiger partial charge in [0.2, 0.25) is 0 Å². The van der Waals surface area contributed by atoms with Crippen molar-refractivity contribution in [1.29, 1.82) is 0 Å². The van der Waals surface area contributed by atoms with Crippen LogP contribution in [0.4, 0.5) is 0 Å². The Labute approximate surface area is 139 Å². The second-order valence-electron chi connectivity index (χ2n) is 5.39. The van der Waals surface area contributed by atoms with E-state index in [-0.39, 0.29) is 5.78 Å². The highest BCUT2D eigenvalue weighted by atomic mass is 35.5. The van der Waals surface area contributed by atoms with Gasteiger partial charge in [-0.15, -0.1) is 0 Å². The van der Waals surface area contributed by atoms with Gasteiger partial charge in [0.15, 0.2) is 9.95 Å². The molecule has 116 valence electrons. The van der Waals surface area contributed by atoms with E-state index in [0.29, 0.717) is 18.8 Å². The van der Waals surface area contributed by atoms with Crippen LogP contribution < -0.4 is 0 Å². The summed E-state index contributed by atoms with van der Waals surface area (Å²) in [6, 6.07) is 7.43. The SMILES string of the molecule is CC(C)(C(=O)c1ccc(SC(Cl)Cl)cc1)N1CCOCC1. The number of carbonyl (C=O) groups excluding carboxylic acids is 1. The molecule has 1 saturated heterocycles. The molecule has 0 amide bonds. The number of alkyl halides is 2. The van der Waals surface area contributed by atoms with Crippen molar-refractivity contribution >= 4 is 40.7 Å². The highest BCUT2D eigenvalue weighted by molar-refractivity contribution is 8.02. The van der Waals surface area contributed by atoms with Crippen LogP contribution >= 0.6 is 35.0 Å². The molecular formula is C15H19Cl2NO2S. The first-order valence-electron chi connectivity index (χ1n) is 6.84. The molecule has 1 aliphatic rings.